The molecule has 0 fully saturated rings. The Morgan fingerprint density at radius 2 is 1.87 bits per heavy atom. The van der Waals surface area contributed by atoms with Crippen LogP contribution in [0.1, 0.15) is 21.5 Å². The SMILES string of the molecule is COc1cc(C=CC(=O)c2ccc(C#N)cc2)cc(Cl)c1OC. The summed E-state index contributed by atoms with van der Waals surface area (Å²) in [6, 6.07) is 11.9. The minimum atomic E-state index is -0.166. The van der Waals surface area contributed by atoms with Crippen LogP contribution in [-0.4, -0.2) is 20.0 Å². The molecule has 0 saturated heterocycles. The van der Waals surface area contributed by atoms with E-state index in [0.717, 1.165) is 5.56 Å². The minimum Gasteiger partial charge on any atom is -0.493 e. The molecule has 4 nitrogen and oxygen atoms in total. The van der Waals surface area contributed by atoms with E-state index in [-0.39, 0.29) is 5.78 Å². The van der Waals surface area contributed by atoms with E-state index in [0.29, 0.717) is 27.6 Å². The van der Waals surface area contributed by atoms with E-state index in [1.165, 1.54) is 20.3 Å². The fourth-order valence-corrected chi connectivity index (χ4v) is 2.31. The number of allylic oxidation sites excluding steroid dienone is 1. The first-order valence-corrected chi connectivity index (χ1v) is 7.11. The predicted molar refractivity (Wildman–Crippen MR) is 89.1 cm³/mol. The van der Waals surface area contributed by atoms with E-state index in [4.69, 9.17) is 26.3 Å². The normalized spacial score (nSPS) is 10.3. The van der Waals surface area contributed by atoms with Gasteiger partial charge >= 0.3 is 0 Å². The quantitative estimate of drug-likeness (QED) is 0.612. The molecule has 0 aliphatic carbocycles. The van der Waals surface area contributed by atoms with Crippen LogP contribution >= 0.6 is 11.6 Å². The summed E-state index contributed by atoms with van der Waals surface area (Å²) in [5.74, 6) is 0.774. The zero-order chi connectivity index (χ0) is 16.8. The second kappa shape index (κ2) is 7.48. The Balaban J connectivity index is 2.23. The number of carbonyl (C=O) groups excluding carboxylic acids is 1. The van der Waals surface area contributed by atoms with Crippen LogP contribution in [-0.2, 0) is 0 Å². The van der Waals surface area contributed by atoms with Gasteiger partial charge in [-0.2, -0.15) is 5.26 Å². The number of nitriles is 1. The Morgan fingerprint density at radius 3 is 2.43 bits per heavy atom. The molecule has 0 spiro atoms. The van der Waals surface area contributed by atoms with Gasteiger partial charge in [0.1, 0.15) is 0 Å². The molecule has 2 rings (SSSR count). The maximum atomic E-state index is 12.1. The van der Waals surface area contributed by atoms with Crippen molar-refractivity contribution < 1.29 is 14.3 Å². The lowest BCUT2D eigenvalue weighted by molar-refractivity contribution is 0.104. The summed E-state index contributed by atoms with van der Waals surface area (Å²) in [6.45, 7) is 0. The standard InChI is InChI=1S/C18H14ClNO3/c1-22-17-10-13(9-15(19)18(17)23-2)5-8-16(21)14-6-3-12(11-20)4-7-14/h3-10H,1-2H3. The number of carbonyl (C=O) groups is 1. The summed E-state index contributed by atoms with van der Waals surface area (Å²) in [4.78, 5) is 12.1. The molecule has 0 N–H and O–H groups in total. The molecule has 0 aliphatic rings. The molecule has 5 heteroatoms. The second-order valence-electron chi connectivity index (χ2n) is 4.62. The lowest BCUT2D eigenvalue weighted by Gasteiger charge is -2.10. The van der Waals surface area contributed by atoms with Crippen LogP contribution in [0.5, 0.6) is 11.5 Å². The maximum Gasteiger partial charge on any atom is 0.185 e. The molecular weight excluding hydrogens is 314 g/mol. The molecule has 2 aromatic carbocycles. The molecule has 0 radical (unpaired) electrons. The zero-order valence-electron chi connectivity index (χ0n) is 12.7. The fraction of sp³-hybridized carbons (Fsp3) is 0.111. The smallest absolute Gasteiger partial charge is 0.185 e. The average Bonchev–Trinajstić information content (AvgIpc) is 2.59. The summed E-state index contributed by atoms with van der Waals surface area (Å²) >= 11 is 6.12. The van der Waals surface area contributed by atoms with Crippen LogP contribution in [0.3, 0.4) is 0 Å². The molecule has 23 heavy (non-hydrogen) atoms. The van der Waals surface area contributed by atoms with Crippen molar-refractivity contribution in [2.24, 2.45) is 0 Å². The highest BCUT2D eigenvalue weighted by Gasteiger charge is 2.10. The first kappa shape index (κ1) is 16.6. The Kier molecular flexibility index (Phi) is 5.40. The van der Waals surface area contributed by atoms with E-state index in [1.807, 2.05) is 6.07 Å². The largest absolute Gasteiger partial charge is 0.493 e. The number of benzene rings is 2. The lowest BCUT2D eigenvalue weighted by Crippen LogP contribution is -1.94. The van der Waals surface area contributed by atoms with Crippen molar-refractivity contribution >= 4 is 23.5 Å². The highest BCUT2D eigenvalue weighted by atomic mass is 35.5. The number of hydrogen-bond donors (Lipinski definition) is 0. The van der Waals surface area contributed by atoms with Crippen molar-refractivity contribution in [1.82, 2.24) is 0 Å². The second-order valence-corrected chi connectivity index (χ2v) is 5.03. The minimum absolute atomic E-state index is 0.166. The van der Waals surface area contributed by atoms with Gasteiger partial charge in [-0.05, 0) is 48.0 Å². The van der Waals surface area contributed by atoms with Crippen molar-refractivity contribution in [3.8, 4) is 17.6 Å². The van der Waals surface area contributed by atoms with Gasteiger partial charge < -0.3 is 9.47 Å². The molecule has 2 aromatic rings. The lowest BCUT2D eigenvalue weighted by atomic mass is 10.1. The topological polar surface area (TPSA) is 59.3 Å². The summed E-state index contributed by atoms with van der Waals surface area (Å²) in [5, 5.41) is 9.15. The number of hydrogen-bond acceptors (Lipinski definition) is 4. The van der Waals surface area contributed by atoms with E-state index < -0.39 is 0 Å². The van der Waals surface area contributed by atoms with Crippen LogP contribution in [0.15, 0.2) is 42.5 Å². The fourth-order valence-electron chi connectivity index (χ4n) is 2.01. The van der Waals surface area contributed by atoms with Crippen molar-refractivity contribution in [1.29, 1.82) is 5.26 Å². The summed E-state index contributed by atoms with van der Waals surface area (Å²) < 4.78 is 10.4. The number of methoxy groups -OCH3 is 2. The molecule has 0 aromatic heterocycles. The molecule has 0 bridgehead atoms. The van der Waals surface area contributed by atoms with E-state index in [1.54, 1.807) is 42.5 Å². The third-order valence-electron chi connectivity index (χ3n) is 3.18. The van der Waals surface area contributed by atoms with Gasteiger partial charge in [-0.15, -0.1) is 0 Å². The van der Waals surface area contributed by atoms with Gasteiger partial charge in [0.2, 0.25) is 0 Å². The molecule has 0 heterocycles. The van der Waals surface area contributed by atoms with Crippen LogP contribution < -0.4 is 9.47 Å². The van der Waals surface area contributed by atoms with Crippen molar-refractivity contribution in [3.63, 3.8) is 0 Å². The van der Waals surface area contributed by atoms with Crippen molar-refractivity contribution in [3.05, 3.63) is 64.2 Å². The maximum absolute atomic E-state index is 12.1. The van der Waals surface area contributed by atoms with Crippen LogP contribution in [0.25, 0.3) is 6.08 Å². The van der Waals surface area contributed by atoms with Gasteiger partial charge in [0, 0.05) is 5.56 Å². The first-order valence-electron chi connectivity index (χ1n) is 6.73. The number of rotatable bonds is 5. The van der Waals surface area contributed by atoms with E-state index >= 15 is 0 Å². The molecule has 0 amide bonds. The van der Waals surface area contributed by atoms with Crippen LogP contribution in [0.4, 0.5) is 0 Å². The number of nitrogens with zero attached hydrogens (tertiary/aromatic N) is 1. The Bertz CT molecular complexity index is 789. The number of halogens is 1. The third kappa shape index (κ3) is 3.91. The molecule has 0 aliphatic heterocycles. The molecule has 116 valence electrons. The van der Waals surface area contributed by atoms with Gasteiger partial charge in [-0.3, -0.25) is 4.79 Å². The van der Waals surface area contributed by atoms with E-state index in [2.05, 4.69) is 0 Å². The summed E-state index contributed by atoms with van der Waals surface area (Å²) in [7, 11) is 3.03. The van der Waals surface area contributed by atoms with Crippen molar-refractivity contribution in [2.75, 3.05) is 14.2 Å². The van der Waals surface area contributed by atoms with Gasteiger partial charge in [-0.25, -0.2) is 0 Å². The highest BCUT2D eigenvalue weighted by Crippen LogP contribution is 2.36. The zero-order valence-corrected chi connectivity index (χ0v) is 13.4. The Morgan fingerprint density at radius 1 is 1.17 bits per heavy atom. The number of ketones is 1. The Labute approximate surface area is 139 Å². The van der Waals surface area contributed by atoms with Gasteiger partial charge in [0.15, 0.2) is 17.3 Å². The van der Waals surface area contributed by atoms with Gasteiger partial charge in [0.05, 0.1) is 30.9 Å². The monoisotopic (exact) mass is 327 g/mol. The average molecular weight is 328 g/mol. The summed E-state index contributed by atoms with van der Waals surface area (Å²) in [5.41, 5.74) is 1.73. The first-order chi connectivity index (χ1) is 11.1. The third-order valence-corrected chi connectivity index (χ3v) is 3.46. The van der Waals surface area contributed by atoms with Crippen molar-refractivity contribution in [2.45, 2.75) is 0 Å². The van der Waals surface area contributed by atoms with Crippen LogP contribution in [0.2, 0.25) is 5.02 Å². The van der Waals surface area contributed by atoms with Crippen LogP contribution in [0, 0.1) is 11.3 Å². The summed E-state index contributed by atoms with van der Waals surface area (Å²) in [6.07, 6.45) is 3.09. The molecule has 0 unspecified atom stereocenters. The van der Waals surface area contributed by atoms with Gasteiger partial charge in [0.25, 0.3) is 0 Å². The highest BCUT2D eigenvalue weighted by molar-refractivity contribution is 6.32. The molecule has 0 atom stereocenters. The number of ether oxygens (including phenoxy) is 2. The van der Waals surface area contributed by atoms with E-state index in [9.17, 15) is 4.79 Å². The Hall–Kier alpha value is -2.77. The molecular formula is C18H14ClNO3. The predicted octanol–water partition coefficient (Wildman–Crippen LogP) is 4.12. The van der Waals surface area contributed by atoms with Gasteiger partial charge in [-0.1, -0.05) is 17.7 Å². The molecule has 0 saturated carbocycles.